The van der Waals surface area contributed by atoms with Gasteiger partial charge in [0.1, 0.15) is 12.4 Å². The molecule has 2 rings (SSSR count). The quantitative estimate of drug-likeness (QED) is 0.655. The zero-order valence-corrected chi connectivity index (χ0v) is 11.3. The largest absolute Gasteiger partial charge is 0.489 e. The molecule has 0 aliphatic carbocycles. The Balaban J connectivity index is 2.17. The summed E-state index contributed by atoms with van der Waals surface area (Å²) in [5, 5.41) is 10.7. The number of nitrogens with two attached hydrogens (primary N) is 1. The van der Waals surface area contributed by atoms with Crippen molar-refractivity contribution < 1.29 is 14.1 Å². The van der Waals surface area contributed by atoms with Gasteiger partial charge in [-0.05, 0) is 24.6 Å². The molecule has 0 spiro atoms. The van der Waals surface area contributed by atoms with Crippen molar-refractivity contribution in [3.63, 3.8) is 0 Å². The number of halogens is 1. The van der Waals surface area contributed by atoms with Gasteiger partial charge in [0.25, 0.3) is 0 Å². The third kappa shape index (κ3) is 3.55. The van der Waals surface area contributed by atoms with Crippen molar-refractivity contribution in [1.29, 1.82) is 0 Å². The highest BCUT2D eigenvalue weighted by atomic mass is 19.1. The van der Waals surface area contributed by atoms with Crippen LogP contribution in [0, 0.1) is 15.9 Å². The molecule has 0 bridgehead atoms. The van der Waals surface area contributed by atoms with Gasteiger partial charge >= 0.3 is 5.69 Å². The molecule has 2 aromatic rings. The topological polar surface area (TPSA) is 78.4 Å². The number of nitrogens with zero attached hydrogens (tertiary/aromatic N) is 1. The molecule has 0 radical (unpaired) electrons. The third-order valence-electron chi connectivity index (χ3n) is 3.02. The first-order valence-electron chi connectivity index (χ1n) is 6.46. The minimum absolute atomic E-state index is 0.0743. The molecule has 5 nitrogen and oxygen atoms in total. The Hall–Kier alpha value is -2.47. The molecular formula is C15H15FN2O3. The van der Waals surface area contributed by atoms with Crippen LogP contribution in [0.5, 0.6) is 5.75 Å². The van der Waals surface area contributed by atoms with Gasteiger partial charge in [-0.2, -0.15) is 4.39 Å². The summed E-state index contributed by atoms with van der Waals surface area (Å²) in [4.78, 5) is 9.95. The Labute approximate surface area is 121 Å². The summed E-state index contributed by atoms with van der Waals surface area (Å²) in [5.74, 6) is -0.257. The van der Waals surface area contributed by atoms with Crippen LogP contribution in [0.1, 0.15) is 11.1 Å². The van der Waals surface area contributed by atoms with Gasteiger partial charge in [0.15, 0.2) is 0 Å². The fourth-order valence-corrected chi connectivity index (χ4v) is 1.98. The molecular weight excluding hydrogens is 275 g/mol. The van der Waals surface area contributed by atoms with Gasteiger partial charge in [0.2, 0.25) is 5.82 Å². The van der Waals surface area contributed by atoms with Crippen molar-refractivity contribution in [2.24, 2.45) is 5.73 Å². The predicted molar refractivity (Wildman–Crippen MR) is 76.6 cm³/mol. The number of nitro groups is 1. The molecule has 2 N–H and O–H groups in total. The van der Waals surface area contributed by atoms with Crippen LogP contribution in [-0.4, -0.2) is 11.5 Å². The van der Waals surface area contributed by atoms with Crippen LogP contribution in [0.3, 0.4) is 0 Å². The summed E-state index contributed by atoms with van der Waals surface area (Å²) in [6, 6.07) is 11.3. The molecule has 0 atom stereocenters. The number of rotatable bonds is 6. The Bertz CT molecular complexity index is 647. The van der Waals surface area contributed by atoms with E-state index >= 15 is 0 Å². The van der Waals surface area contributed by atoms with Crippen molar-refractivity contribution in [2.45, 2.75) is 13.0 Å². The molecule has 0 aliphatic heterocycles. The number of nitro benzene ring substituents is 1. The first-order chi connectivity index (χ1) is 10.1. The van der Waals surface area contributed by atoms with Crippen molar-refractivity contribution >= 4 is 5.69 Å². The van der Waals surface area contributed by atoms with E-state index in [2.05, 4.69) is 0 Å². The summed E-state index contributed by atoms with van der Waals surface area (Å²) in [6.07, 6.45) is 0.646. The second kappa shape index (κ2) is 6.81. The number of benzene rings is 2. The molecule has 2 aromatic carbocycles. The molecule has 0 aromatic heterocycles. The Morgan fingerprint density at radius 2 is 1.86 bits per heavy atom. The maximum atomic E-state index is 13.9. The maximum Gasteiger partial charge on any atom is 0.305 e. The van der Waals surface area contributed by atoms with Crippen LogP contribution >= 0.6 is 0 Å². The van der Waals surface area contributed by atoms with Gasteiger partial charge in [0, 0.05) is 11.6 Å². The lowest BCUT2D eigenvalue weighted by Crippen LogP contribution is -2.06. The average molecular weight is 290 g/mol. The fourth-order valence-electron chi connectivity index (χ4n) is 1.98. The smallest absolute Gasteiger partial charge is 0.305 e. The van der Waals surface area contributed by atoms with Crippen molar-refractivity contribution in [2.75, 3.05) is 6.54 Å². The number of hydrogen-bond acceptors (Lipinski definition) is 4. The van der Waals surface area contributed by atoms with Crippen LogP contribution < -0.4 is 10.5 Å². The molecule has 0 heterocycles. The fraction of sp³-hybridized carbons (Fsp3) is 0.200. The minimum atomic E-state index is -0.862. The second-order valence-corrected chi connectivity index (χ2v) is 4.44. The third-order valence-corrected chi connectivity index (χ3v) is 3.02. The van der Waals surface area contributed by atoms with Gasteiger partial charge in [-0.25, -0.2) is 0 Å². The molecule has 0 saturated heterocycles. The number of para-hydroxylation sites is 1. The van der Waals surface area contributed by atoms with E-state index in [4.69, 9.17) is 10.5 Å². The lowest BCUT2D eigenvalue weighted by atomic mass is 10.1. The lowest BCUT2D eigenvalue weighted by Gasteiger charge is -2.11. The highest BCUT2D eigenvalue weighted by Crippen LogP contribution is 2.23. The SMILES string of the molecule is NCCc1ccccc1OCc1cccc([N+](=O)[O-])c1F. The predicted octanol–water partition coefficient (Wildman–Crippen LogP) is 2.81. The molecule has 21 heavy (non-hydrogen) atoms. The van der Waals surface area contributed by atoms with Crippen LogP contribution in [0.25, 0.3) is 0 Å². The van der Waals surface area contributed by atoms with Crippen LogP contribution in [0.15, 0.2) is 42.5 Å². The summed E-state index contributed by atoms with van der Waals surface area (Å²) < 4.78 is 19.5. The molecule has 0 amide bonds. The van der Waals surface area contributed by atoms with E-state index in [1.165, 1.54) is 12.1 Å². The Morgan fingerprint density at radius 3 is 2.57 bits per heavy atom. The molecule has 6 heteroatoms. The number of hydrogen-bond donors (Lipinski definition) is 1. The normalized spacial score (nSPS) is 10.4. The summed E-state index contributed by atoms with van der Waals surface area (Å²) >= 11 is 0. The van der Waals surface area contributed by atoms with E-state index < -0.39 is 16.4 Å². The number of ether oxygens (including phenoxy) is 1. The van der Waals surface area contributed by atoms with E-state index in [0.717, 1.165) is 11.6 Å². The standard InChI is InChI=1S/C15H15FN2O3/c16-15-12(5-3-6-13(15)18(19)20)10-21-14-7-2-1-4-11(14)8-9-17/h1-7H,8-10,17H2. The zero-order valence-electron chi connectivity index (χ0n) is 11.3. The monoisotopic (exact) mass is 290 g/mol. The van der Waals surface area contributed by atoms with Crippen molar-refractivity contribution in [3.05, 3.63) is 69.5 Å². The molecule has 0 saturated carbocycles. The summed E-state index contributed by atoms with van der Waals surface area (Å²) in [5.41, 5.74) is 6.04. The Kier molecular flexibility index (Phi) is 4.84. The van der Waals surface area contributed by atoms with E-state index in [1.807, 2.05) is 12.1 Å². The van der Waals surface area contributed by atoms with Gasteiger partial charge in [0.05, 0.1) is 4.92 Å². The first kappa shape index (κ1) is 14.9. The average Bonchev–Trinajstić information content (AvgIpc) is 2.47. The van der Waals surface area contributed by atoms with E-state index in [9.17, 15) is 14.5 Å². The molecule has 110 valence electrons. The van der Waals surface area contributed by atoms with Gasteiger partial charge in [-0.15, -0.1) is 0 Å². The van der Waals surface area contributed by atoms with Crippen LogP contribution in [-0.2, 0) is 13.0 Å². The highest BCUT2D eigenvalue weighted by Gasteiger charge is 2.17. The first-order valence-corrected chi connectivity index (χ1v) is 6.46. The zero-order chi connectivity index (χ0) is 15.2. The second-order valence-electron chi connectivity index (χ2n) is 4.44. The minimum Gasteiger partial charge on any atom is -0.489 e. The van der Waals surface area contributed by atoms with Crippen molar-refractivity contribution in [1.82, 2.24) is 0 Å². The molecule has 0 fully saturated rings. The van der Waals surface area contributed by atoms with E-state index in [0.29, 0.717) is 18.7 Å². The summed E-state index contributed by atoms with van der Waals surface area (Å²) in [6.45, 7) is 0.403. The summed E-state index contributed by atoms with van der Waals surface area (Å²) in [7, 11) is 0. The highest BCUT2D eigenvalue weighted by molar-refractivity contribution is 5.38. The van der Waals surface area contributed by atoms with Gasteiger partial charge in [-0.1, -0.05) is 30.3 Å². The van der Waals surface area contributed by atoms with Gasteiger partial charge in [-0.3, -0.25) is 10.1 Å². The van der Waals surface area contributed by atoms with E-state index in [1.54, 1.807) is 12.1 Å². The van der Waals surface area contributed by atoms with Gasteiger partial charge < -0.3 is 10.5 Å². The molecule has 0 unspecified atom stereocenters. The van der Waals surface area contributed by atoms with E-state index in [-0.39, 0.29) is 12.2 Å². The Morgan fingerprint density at radius 1 is 1.14 bits per heavy atom. The van der Waals surface area contributed by atoms with Crippen molar-refractivity contribution in [3.8, 4) is 5.75 Å². The van der Waals surface area contributed by atoms with Crippen LogP contribution in [0.2, 0.25) is 0 Å². The lowest BCUT2D eigenvalue weighted by molar-refractivity contribution is -0.387. The maximum absolute atomic E-state index is 13.9. The molecule has 0 aliphatic rings. The van der Waals surface area contributed by atoms with Crippen LogP contribution in [0.4, 0.5) is 10.1 Å².